The van der Waals surface area contributed by atoms with Gasteiger partial charge in [0.2, 0.25) is 5.91 Å². The molecule has 5 heteroatoms. The van der Waals surface area contributed by atoms with E-state index in [1.807, 2.05) is 6.92 Å². The molecule has 1 heterocycles. The van der Waals surface area contributed by atoms with Gasteiger partial charge in [-0.1, -0.05) is 6.92 Å². The lowest BCUT2D eigenvalue weighted by atomic mass is 9.94. The van der Waals surface area contributed by atoms with E-state index in [2.05, 4.69) is 12.2 Å². The third kappa shape index (κ3) is 6.20. The Labute approximate surface area is 122 Å². The Morgan fingerprint density at radius 1 is 1.50 bits per heavy atom. The van der Waals surface area contributed by atoms with Crippen LogP contribution in [0.1, 0.15) is 46.0 Å². The van der Waals surface area contributed by atoms with Gasteiger partial charge in [0.25, 0.3) is 0 Å². The van der Waals surface area contributed by atoms with E-state index in [0.717, 1.165) is 65.1 Å². The molecule has 1 rings (SSSR count). The van der Waals surface area contributed by atoms with E-state index in [-0.39, 0.29) is 5.91 Å². The fourth-order valence-electron chi connectivity index (χ4n) is 2.35. The summed E-state index contributed by atoms with van der Waals surface area (Å²) >= 11 is 0. The van der Waals surface area contributed by atoms with Gasteiger partial charge in [-0.05, 0) is 45.6 Å². The first-order valence-corrected chi connectivity index (χ1v) is 7.79. The smallest absolute Gasteiger partial charge is 0.237 e. The molecule has 1 aliphatic heterocycles. The second-order valence-corrected chi connectivity index (χ2v) is 5.88. The molecule has 0 aromatic carbocycles. The first-order chi connectivity index (χ1) is 9.58. The third-order valence-corrected chi connectivity index (χ3v) is 3.90. The predicted molar refractivity (Wildman–Crippen MR) is 79.5 cm³/mol. The van der Waals surface area contributed by atoms with Crippen LogP contribution < -0.4 is 11.1 Å². The highest BCUT2D eigenvalue weighted by molar-refractivity contribution is 5.84. The van der Waals surface area contributed by atoms with Gasteiger partial charge in [-0.25, -0.2) is 0 Å². The molecular formula is C15H30N2O3. The van der Waals surface area contributed by atoms with Crippen LogP contribution in [-0.4, -0.2) is 44.4 Å². The normalized spacial score (nSPS) is 21.8. The maximum Gasteiger partial charge on any atom is 0.237 e. The van der Waals surface area contributed by atoms with Crippen LogP contribution >= 0.6 is 0 Å². The molecule has 1 aliphatic rings. The van der Waals surface area contributed by atoms with Gasteiger partial charge in [-0.3, -0.25) is 4.79 Å². The zero-order valence-corrected chi connectivity index (χ0v) is 13.0. The van der Waals surface area contributed by atoms with E-state index in [1.54, 1.807) is 0 Å². The molecule has 5 nitrogen and oxygen atoms in total. The maximum absolute atomic E-state index is 11.5. The van der Waals surface area contributed by atoms with Gasteiger partial charge in [-0.15, -0.1) is 0 Å². The molecule has 2 unspecified atom stereocenters. The summed E-state index contributed by atoms with van der Waals surface area (Å²) in [5, 5.41) is 3.25. The molecule has 118 valence electrons. The lowest BCUT2D eigenvalue weighted by Crippen LogP contribution is -2.53. The topological polar surface area (TPSA) is 73.6 Å². The highest BCUT2D eigenvalue weighted by Crippen LogP contribution is 2.15. The fraction of sp³-hybridized carbons (Fsp3) is 0.933. The van der Waals surface area contributed by atoms with Gasteiger partial charge < -0.3 is 20.5 Å². The summed E-state index contributed by atoms with van der Waals surface area (Å²) < 4.78 is 11.0. The molecule has 0 radical (unpaired) electrons. The first-order valence-electron chi connectivity index (χ1n) is 7.79. The summed E-state index contributed by atoms with van der Waals surface area (Å²) in [5.41, 5.74) is 4.90. The van der Waals surface area contributed by atoms with Gasteiger partial charge in [0, 0.05) is 19.1 Å². The number of hydrogen-bond donors (Lipinski definition) is 2. The van der Waals surface area contributed by atoms with Crippen LogP contribution in [0.5, 0.6) is 0 Å². The average Bonchev–Trinajstić information content (AvgIpc) is 2.93. The molecule has 1 fully saturated rings. The molecule has 2 atom stereocenters. The van der Waals surface area contributed by atoms with Crippen molar-refractivity contribution < 1.29 is 14.3 Å². The Morgan fingerprint density at radius 3 is 2.90 bits per heavy atom. The predicted octanol–water partition coefficient (Wildman–Crippen LogP) is 1.45. The van der Waals surface area contributed by atoms with E-state index in [1.165, 1.54) is 0 Å². The summed E-state index contributed by atoms with van der Waals surface area (Å²) in [7, 11) is 0. The van der Waals surface area contributed by atoms with Gasteiger partial charge >= 0.3 is 0 Å². The standard InChI is InChI=1S/C15H30N2O3/c1-3-8-17-15(2,14(16)18)7-4-5-9-19-11-13-6-10-20-12-13/h13,17H,3-12H2,1-2H3,(H2,16,18). The lowest BCUT2D eigenvalue weighted by Gasteiger charge is -2.27. The van der Waals surface area contributed by atoms with Crippen molar-refractivity contribution in [2.75, 3.05) is 33.0 Å². The van der Waals surface area contributed by atoms with Crippen molar-refractivity contribution in [3.63, 3.8) is 0 Å². The maximum atomic E-state index is 11.5. The van der Waals surface area contributed by atoms with E-state index >= 15 is 0 Å². The SMILES string of the molecule is CCCNC(C)(CCCCOCC1CCOC1)C(N)=O. The van der Waals surface area contributed by atoms with Crippen LogP contribution in [0.2, 0.25) is 0 Å². The van der Waals surface area contributed by atoms with Crippen molar-refractivity contribution in [2.24, 2.45) is 11.7 Å². The van der Waals surface area contributed by atoms with Crippen molar-refractivity contribution in [3.8, 4) is 0 Å². The number of hydrogen-bond acceptors (Lipinski definition) is 4. The van der Waals surface area contributed by atoms with Crippen LogP contribution in [0.15, 0.2) is 0 Å². The van der Waals surface area contributed by atoms with Crippen LogP contribution in [-0.2, 0) is 14.3 Å². The summed E-state index contributed by atoms with van der Waals surface area (Å²) in [6, 6.07) is 0. The largest absolute Gasteiger partial charge is 0.381 e. The Morgan fingerprint density at radius 2 is 2.30 bits per heavy atom. The summed E-state index contributed by atoms with van der Waals surface area (Å²) in [4.78, 5) is 11.5. The average molecular weight is 286 g/mol. The van der Waals surface area contributed by atoms with Crippen molar-refractivity contribution in [3.05, 3.63) is 0 Å². The van der Waals surface area contributed by atoms with Crippen molar-refractivity contribution in [1.29, 1.82) is 0 Å². The molecule has 3 N–H and O–H groups in total. The third-order valence-electron chi connectivity index (χ3n) is 3.90. The number of nitrogens with one attached hydrogen (secondary N) is 1. The van der Waals surface area contributed by atoms with E-state index in [4.69, 9.17) is 15.2 Å². The Bertz CT molecular complexity index is 280. The van der Waals surface area contributed by atoms with Gasteiger partial charge in [0.05, 0.1) is 18.8 Å². The molecule has 0 aliphatic carbocycles. The number of unbranched alkanes of at least 4 members (excludes halogenated alkanes) is 1. The van der Waals surface area contributed by atoms with Crippen molar-refractivity contribution >= 4 is 5.91 Å². The zero-order chi connectivity index (χ0) is 14.8. The Balaban J connectivity index is 2.09. The molecular weight excluding hydrogens is 256 g/mol. The fourth-order valence-corrected chi connectivity index (χ4v) is 2.35. The Hall–Kier alpha value is -0.650. The van der Waals surface area contributed by atoms with E-state index in [9.17, 15) is 4.79 Å². The van der Waals surface area contributed by atoms with Crippen LogP contribution in [0.3, 0.4) is 0 Å². The van der Waals surface area contributed by atoms with E-state index in [0.29, 0.717) is 5.92 Å². The minimum absolute atomic E-state index is 0.269. The number of primary amides is 1. The number of carbonyl (C=O) groups is 1. The zero-order valence-electron chi connectivity index (χ0n) is 13.0. The van der Waals surface area contributed by atoms with Crippen LogP contribution in [0.25, 0.3) is 0 Å². The molecule has 0 spiro atoms. The minimum atomic E-state index is -0.588. The molecule has 0 aromatic rings. The first kappa shape index (κ1) is 17.4. The molecule has 0 bridgehead atoms. The minimum Gasteiger partial charge on any atom is -0.381 e. The second kappa shape index (κ2) is 9.32. The number of rotatable bonds is 11. The number of ether oxygens (including phenoxy) is 2. The van der Waals surface area contributed by atoms with Gasteiger partial charge in [-0.2, -0.15) is 0 Å². The molecule has 0 saturated carbocycles. The van der Waals surface area contributed by atoms with Crippen LogP contribution in [0.4, 0.5) is 0 Å². The number of carbonyl (C=O) groups excluding carboxylic acids is 1. The molecule has 1 amide bonds. The van der Waals surface area contributed by atoms with Crippen molar-refractivity contribution in [2.45, 2.75) is 51.5 Å². The van der Waals surface area contributed by atoms with Crippen LogP contribution in [0, 0.1) is 5.92 Å². The van der Waals surface area contributed by atoms with Crippen molar-refractivity contribution in [1.82, 2.24) is 5.32 Å². The monoisotopic (exact) mass is 286 g/mol. The summed E-state index contributed by atoms with van der Waals surface area (Å²) in [5.74, 6) is 0.298. The van der Waals surface area contributed by atoms with E-state index < -0.39 is 5.54 Å². The van der Waals surface area contributed by atoms with Gasteiger partial charge in [0.1, 0.15) is 0 Å². The van der Waals surface area contributed by atoms with Gasteiger partial charge in [0.15, 0.2) is 0 Å². The highest BCUT2D eigenvalue weighted by Gasteiger charge is 2.29. The molecule has 1 saturated heterocycles. The highest BCUT2D eigenvalue weighted by atomic mass is 16.5. The molecule has 0 aromatic heterocycles. The molecule has 20 heavy (non-hydrogen) atoms. The number of amides is 1. The Kier molecular flexibility index (Phi) is 8.11. The lowest BCUT2D eigenvalue weighted by molar-refractivity contribution is -0.124. The summed E-state index contributed by atoms with van der Waals surface area (Å²) in [6.07, 6.45) is 4.77. The summed E-state index contributed by atoms with van der Waals surface area (Å²) in [6.45, 7) is 8.03. The quantitative estimate of drug-likeness (QED) is 0.564. The number of nitrogens with two attached hydrogens (primary N) is 1. The second-order valence-electron chi connectivity index (χ2n) is 5.88.